The van der Waals surface area contributed by atoms with E-state index in [0.29, 0.717) is 32.1 Å². The van der Waals surface area contributed by atoms with Crippen LogP contribution in [-0.2, 0) is 32.7 Å². The summed E-state index contributed by atoms with van der Waals surface area (Å²) in [5, 5.41) is 60.1. The number of aliphatic hydroxyl groups is 6. The van der Waals surface area contributed by atoms with Gasteiger partial charge in [0.25, 0.3) is 0 Å². The highest BCUT2D eigenvalue weighted by molar-refractivity contribution is 7.47. The molecular weight excluding hydrogens is 843 g/mol. The molecule has 1 aliphatic rings. The van der Waals surface area contributed by atoms with Crippen molar-refractivity contribution in [2.75, 3.05) is 13.2 Å². The molecule has 0 aromatic carbocycles. The number of rotatable bonds is 35. The van der Waals surface area contributed by atoms with Crippen molar-refractivity contribution in [1.29, 1.82) is 0 Å². The highest BCUT2D eigenvalue weighted by atomic mass is 31.2. The van der Waals surface area contributed by atoms with E-state index in [0.717, 1.165) is 44.9 Å². The molecule has 0 saturated heterocycles. The second kappa shape index (κ2) is 37.7. The van der Waals surface area contributed by atoms with Crippen LogP contribution >= 0.6 is 7.82 Å². The summed E-state index contributed by atoms with van der Waals surface area (Å²) in [6.07, 6.45) is 34.7. The molecule has 64 heavy (non-hydrogen) atoms. The molecule has 1 rings (SSSR count). The minimum absolute atomic E-state index is 0.0669. The SMILES string of the molecule is CC/C=C\C/C=C\CC(O)/C=C/C=C\C/C=C\C/C=C\CCC(=O)O[C@H](COC(=O)CCCC/C=C\C/C=C\C/C=C\CCCCC)COP(=O)(O)OC1[C@H](O)[C@H](O)C(O)[C@H](O)[C@H]1O. The van der Waals surface area contributed by atoms with Crippen LogP contribution in [0.25, 0.3) is 0 Å². The van der Waals surface area contributed by atoms with Crippen LogP contribution in [0.3, 0.4) is 0 Å². The highest BCUT2D eigenvalue weighted by Gasteiger charge is 2.51. The zero-order chi connectivity index (χ0) is 47.3. The molecule has 14 nitrogen and oxygen atoms in total. The number of aliphatic hydroxyl groups excluding tert-OH is 6. The first-order chi connectivity index (χ1) is 30.8. The van der Waals surface area contributed by atoms with Crippen LogP contribution in [-0.4, -0.2) is 110 Å². The zero-order valence-corrected chi connectivity index (χ0v) is 38.8. The average molecular weight is 921 g/mol. The molecule has 0 heterocycles. The third-order valence-corrected chi connectivity index (χ3v) is 10.7. The summed E-state index contributed by atoms with van der Waals surface area (Å²) in [6.45, 7) is 2.97. The Kier molecular flexibility index (Phi) is 34.4. The maximum absolute atomic E-state index is 12.8. The Hall–Kier alpha value is -3.53. The van der Waals surface area contributed by atoms with Crippen molar-refractivity contribution in [2.45, 2.75) is 172 Å². The van der Waals surface area contributed by atoms with Crippen LogP contribution in [0, 0.1) is 0 Å². The molecule has 1 fully saturated rings. The van der Waals surface area contributed by atoms with Crippen molar-refractivity contribution >= 4 is 19.8 Å². The van der Waals surface area contributed by atoms with Gasteiger partial charge >= 0.3 is 19.8 Å². The Morgan fingerprint density at radius 2 is 1.09 bits per heavy atom. The van der Waals surface area contributed by atoms with Crippen LogP contribution in [0.1, 0.15) is 123 Å². The maximum Gasteiger partial charge on any atom is 0.472 e. The van der Waals surface area contributed by atoms with Gasteiger partial charge in [0.15, 0.2) is 6.10 Å². The van der Waals surface area contributed by atoms with E-state index in [1.54, 1.807) is 12.2 Å². The molecule has 1 aliphatic carbocycles. The third-order valence-electron chi connectivity index (χ3n) is 9.69. The second-order valence-electron chi connectivity index (χ2n) is 15.4. The van der Waals surface area contributed by atoms with Gasteiger partial charge in [-0.15, -0.1) is 0 Å². The van der Waals surface area contributed by atoms with Crippen LogP contribution in [0.15, 0.2) is 109 Å². The fourth-order valence-corrected chi connectivity index (χ4v) is 6.96. The second-order valence-corrected chi connectivity index (χ2v) is 16.8. The largest absolute Gasteiger partial charge is 0.472 e. The summed E-state index contributed by atoms with van der Waals surface area (Å²) >= 11 is 0. The molecule has 0 spiro atoms. The number of phosphoric ester groups is 1. The summed E-state index contributed by atoms with van der Waals surface area (Å²) in [5.74, 6) is -1.29. The average Bonchev–Trinajstić information content (AvgIpc) is 3.27. The molecule has 9 atom stereocenters. The Balaban J connectivity index is 2.59. The van der Waals surface area contributed by atoms with Gasteiger partial charge in [-0.05, 0) is 83.5 Å². The van der Waals surface area contributed by atoms with Crippen molar-refractivity contribution in [3.8, 4) is 0 Å². The molecule has 0 aliphatic heterocycles. The van der Waals surface area contributed by atoms with E-state index in [-0.39, 0.29) is 12.8 Å². The number of carbonyl (C=O) groups excluding carboxylic acids is 2. The molecule has 0 amide bonds. The zero-order valence-electron chi connectivity index (χ0n) is 37.9. The number of ether oxygens (including phenoxy) is 2. The molecule has 1 saturated carbocycles. The third kappa shape index (κ3) is 29.8. The Labute approximate surface area is 381 Å². The van der Waals surface area contributed by atoms with Gasteiger partial charge in [-0.3, -0.25) is 18.6 Å². The number of allylic oxidation sites excluding steroid dienone is 16. The fraction of sp³-hybridized carbons (Fsp3) is 0.592. The van der Waals surface area contributed by atoms with Gasteiger partial charge in [0, 0.05) is 12.8 Å². The predicted octanol–water partition coefficient (Wildman–Crippen LogP) is 7.80. The van der Waals surface area contributed by atoms with Crippen molar-refractivity contribution < 1.29 is 68.2 Å². The Morgan fingerprint density at radius 3 is 1.69 bits per heavy atom. The molecule has 15 heteroatoms. The van der Waals surface area contributed by atoms with Gasteiger partial charge in [-0.2, -0.15) is 0 Å². The smallest absolute Gasteiger partial charge is 0.462 e. The van der Waals surface area contributed by atoms with Gasteiger partial charge in [-0.25, -0.2) is 4.57 Å². The van der Waals surface area contributed by atoms with Crippen LogP contribution in [0.2, 0.25) is 0 Å². The molecule has 0 bridgehead atoms. The first kappa shape index (κ1) is 58.5. The van der Waals surface area contributed by atoms with Crippen molar-refractivity contribution in [2.24, 2.45) is 0 Å². The van der Waals surface area contributed by atoms with E-state index >= 15 is 0 Å². The number of carbonyl (C=O) groups is 2. The van der Waals surface area contributed by atoms with Crippen molar-refractivity contribution in [3.05, 3.63) is 109 Å². The molecule has 362 valence electrons. The number of unbranched alkanes of at least 4 members (excludes halogenated alkanes) is 5. The van der Waals surface area contributed by atoms with E-state index in [2.05, 4.69) is 62.5 Å². The highest BCUT2D eigenvalue weighted by Crippen LogP contribution is 2.47. The minimum Gasteiger partial charge on any atom is -0.462 e. The lowest BCUT2D eigenvalue weighted by molar-refractivity contribution is -0.220. The van der Waals surface area contributed by atoms with Crippen LogP contribution in [0.4, 0.5) is 0 Å². The van der Waals surface area contributed by atoms with Gasteiger partial charge in [0.2, 0.25) is 0 Å². The van der Waals surface area contributed by atoms with Gasteiger partial charge in [0.05, 0.1) is 12.7 Å². The van der Waals surface area contributed by atoms with E-state index in [4.69, 9.17) is 18.5 Å². The van der Waals surface area contributed by atoms with E-state index in [1.807, 2.05) is 48.6 Å². The molecule has 7 N–H and O–H groups in total. The first-order valence-corrected chi connectivity index (χ1v) is 24.3. The lowest BCUT2D eigenvalue weighted by Crippen LogP contribution is -2.64. The summed E-state index contributed by atoms with van der Waals surface area (Å²) < 4.78 is 33.3. The summed E-state index contributed by atoms with van der Waals surface area (Å²) in [7, 11) is -5.17. The summed E-state index contributed by atoms with van der Waals surface area (Å²) in [4.78, 5) is 35.6. The van der Waals surface area contributed by atoms with Gasteiger partial charge < -0.3 is 45.0 Å². The number of hydrogen-bond donors (Lipinski definition) is 7. The molecule has 0 aromatic rings. The quantitative estimate of drug-likeness (QED) is 0.0106. The monoisotopic (exact) mass is 921 g/mol. The van der Waals surface area contributed by atoms with Gasteiger partial charge in [-0.1, -0.05) is 136 Å². The van der Waals surface area contributed by atoms with Crippen LogP contribution in [0.5, 0.6) is 0 Å². The molecule has 4 unspecified atom stereocenters. The lowest BCUT2D eigenvalue weighted by Gasteiger charge is -2.41. The Morgan fingerprint density at radius 1 is 0.578 bits per heavy atom. The molecule has 0 radical (unpaired) electrons. The molecule has 0 aromatic heterocycles. The normalized spacial score (nSPS) is 23.1. The topological polar surface area (TPSA) is 230 Å². The lowest BCUT2D eigenvalue weighted by atomic mass is 9.85. The van der Waals surface area contributed by atoms with Crippen molar-refractivity contribution in [1.82, 2.24) is 0 Å². The molecular formula is C49H77O14P. The minimum atomic E-state index is -5.17. The first-order valence-electron chi connectivity index (χ1n) is 22.8. The predicted molar refractivity (Wildman–Crippen MR) is 250 cm³/mol. The maximum atomic E-state index is 12.8. The Bertz CT molecular complexity index is 1550. The number of esters is 2. The number of hydrogen-bond acceptors (Lipinski definition) is 13. The van der Waals surface area contributed by atoms with E-state index in [1.165, 1.54) is 19.3 Å². The van der Waals surface area contributed by atoms with E-state index in [9.17, 15) is 49.7 Å². The van der Waals surface area contributed by atoms with E-state index < -0.39 is 81.8 Å². The standard InChI is InChI=1S/C49H77O14P/c1-3-5-7-9-11-12-13-14-15-16-17-21-24-28-32-36-42(51)60-38-41(39-61-64(58,59)63-49-47(56)45(54)44(53)46(55)48(49)57)62-43(52)37-33-29-25-22-19-18-20-23-27-31-35-40(50)34-30-26-10-8-6-4-2/h6,8,11-12,14-15,17-19,21,23,25-27,29-31,35,40-41,44-50,53-57H,3-5,7,9-10,13,16,20,22,24,28,32-34,36-39H2,1-2H3,(H,58,59)/b8-6-,12-11-,15-14-,19-18-,21-17-,27-23-,29-25-,30-26-,35-31+/t40?,41-,44?,45-,46+,47-,48-,49?/m1/s1. The van der Waals surface area contributed by atoms with Crippen LogP contribution < -0.4 is 0 Å². The van der Waals surface area contributed by atoms with Gasteiger partial charge in [0.1, 0.15) is 43.2 Å². The van der Waals surface area contributed by atoms with Crippen molar-refractivity contribution in [3.63, 3.8) is 0 Å². The number of phosphoric acid groups is 1. The fourth-order valence-electron chi connectivity index (χ4n) is 5.99. The summed E-state index contributed by atoms with van der Waals surface area (Å²) in [5.41, 5.74) is 0. The summed E-state index contributed by atoms with van der Waals surface area (Å²) in [6, 6.07) is 0.